The molecule has 0 radical (unpaired) electrons. The van der Waals surface area contributed by atoms with Gasteiger partial charge in [0.1, 0.15) is 5.69 Å². The molecular formula is C26H32N2O6. The molecule has 1 aliphatic rings. The van der Waals surface area contributed by atoms with Crippen LogP contribution in [0.5, 0.6) is 0 Å². The first-order valence-electron chi connectivity index (χ1n) is 11.3. The summed E-state index contributed by atoms with van der Waals surface area (Å²) in [5.41, 5.74) is 4.57. The minimum Gasteiger partial charge on any atom is -0.473 e. The summed E-state index contributed by atoms with van der Waals surface area (Å²) in [6.45, 7) is 9.72. The molecule has 0 amide bonds. The predicted molar refractivity (Wildman–Crippen MR) is 129 cm³/mol. The Bertz CT molecular complexity index is 996. The molecule has 3 rings (SSSR count). The topological polar surface area (TPSA) is 117 Å². The lowest BCUT2D eigenvalue weighted by molar-refractivity contribution is -0.159. The molecule has 8 nitrogen and oxygen atoms in total. The average molecular weight is 469 g/mol. The van der Waals surface area contributed by atoms with Crippen LogP contribution in [0.2, 0.25) is 0 Å². The summed E-state index contributed by atoms with van der Waals surface area (Å²) < 4.78 is 5.36. The second-order valence-electron chi connectivity index (χ2n) is 8.50. The minimum atomic E-state index is -1.82. The summed E-state index contributed by atoms with van der Waals surface area (Å²) >= 11 is 0. The number of rotatable bonds is 7. The molecule has 0 atom stereocenters. The fourth-order valence-electron chi connectivity index (χ4n) is 3.30. The van der Waals surface area contributed by atoms with E-state index in [1.807, 2.05) is 26.0 Å². The molecule has 8 heteroatoms. The zero-order chi connectivity index (χ0) is 25.1. The molecule has 1 aromatic carbocycles. The highest BCUT2D eigenvalue weighted by Crippen LogP contribution is 2.23. The lowest BCUT2D eigenvalue weighted by atomic mass is 10.00. The third-order valence-electron chi connectivity index (χ3n) is 5.08. The number of aryl methyl sites for hydroxylation is 1. The predicted octanol–water partition coefficient (Wildman–Crippen LogP) is 3.89. The molecule has 34 heavy (non-hydrogen) atoms. The number of aliphatic carboxylic acids is 2. The smallest absolute Gasteiger partial charge is 0.414 e. The van der Waals surface area contributed by atoms with E-state index in [1.165, 1.54) is 18.4 Å². The van der Waals surface area contributed by atoms with Crippen molar-refractivity contribution in [1.82, 2.24) is 9.88 Å². The maximum Gasteiger partial charge on any atom is 0.414 e. The van der Waals surface area contributed by atoms with Crippen LogP contribution in [0.15, 0.2) is 48.5 Å². The van der Waals surface area contributed by atoms with Gasteiger partial charge in [-0.3, -0.25) is 4.90 Å². The number of nitrogens with zero attached hydrogens (tertiary/aromatic N) is 2. The van der Waals surface area contributed by atoms with Crippen LogP contribution in [0.4, 0.5) is 0 Å². The van der Waals surface area contributed by atoms with Crippen LogP contribution in [0.25, 0.3) is 5.57 Å². The Balaban J connectivity index is 0.000000604. The van der Waals surface area contributed by atoms with E-state index in [4.69, 9.17) is 24.5 Å². The third kappa shape index (κ3) is 8.78. The van der Waals surface area contributed by atoms with Gasteiger partial charge in [-0.15, -0.1) is 0 Å². The number of carboxylic acid groups (broad SMARTS) is 2. The number of hydrogen-bond acceptors (Lipinski definition) is 6. The molecule has 2 aromatic rings. The second kappa shape index (κ2) is 13.3. The summed E-state index contributed by atoms with van der Waals surface area (Å²) in [6.07, 6.45) is 4.77. The first-order valence-corrected chi connectivity index (χ1v) is 11.3. The number of carbonyl (C=O) groups is 3. The normalized spacial score (nSPS) is 13.8. The highest BCUT2D eigenvalue weighted by atomic mass is 16.5. The van der Waals surface area contributed by atoms with Crippen molar-refractivity contribution >= 4 is 23.5 Å². The summed E-state index contributed by atoms with van der Waals surface area (Å²) in [4.78, 5) is 37.6. The molecule has 1 saturated heterocycles. The third-order valence-corrected chi connectivity index (χ3v) is 5.08. The Morgan fingerprint density at radius 2 is 1.59 bits per heavy atom. The number of carboxylic acids is 2. The Kier molecular flexibility index (Phi) is 10.4. The summed E-state index contributed by atoms with van der Waals surface area (Å²) in [7, 11) is 0. The molecule has 2 heterocycles. The van der Waals surface area contributed by atoms with Gasteiger partial charge < -0.3 is 14.9 Å². The van der Waals surface area contributed by atoms with E-state index in [0.29, 0.717) is 18.2 Å². The van der Waals surface area contributed by atoms with Gasteiger partial charge in [0.05, 0.1) is 12.3 Å². The minimum absolute atomic E-state index is 0.301. The van der Waals surface area contributed by atoms with Crippen LogP contribution in [0.3, 0.4) is 0 Å². The van der Waals surface area contributed by atoms with Gasteiger partial charge in [0.15, 0.2) is 0 Å². The summed E-state index contributed by atoms with van der Waals surface area (Å²) in [5.74, 6) is -3.71. The maximum absolute atomic E-state index is 12.4. The van der Waals surface area contributed by atoms with Gasteiger partial charge in [-0.05, 0) is 56.5 Å². The van der Waals surface area contributed by atoms with Gasteiger partial charge in [0.25, 0.3) is 0 Å². The highest BCUT2D eigenvalue weighted by molar-refractivity contribution is 6.27. The Labute approximate surface area is 199 Å². The SMILES string of the molecule is Cc1ccc(/C(=C\CN2CCCC2)c2cccc(C(=O)OCC(C)C)n2)cc1.O=C(O)C(=O)O. The average Bonchev–Trinajstić information content (AvgIpc) is 3.33. The number of esters is 1. The molecule has 182 valence electrons. The molecule has 1 fully saturated rings. The van der Waals surface area contributed by atoms with E-state index in [0.717, 1.165) is 36.5 Å². The van der Waals surface area contributed by atoms with Crippen LogP contribution in [-0.2, 0) is 14.3 Å². The van der Waals surface area contributed by atoms with Crippen LogP contribution < -0.4 is 0 Å². The maximum atomic E-state index is 12.4. The first kappa shape index (κ1) is 26.7. The van der Waals surface area contributed by atoms with Crippen molar-refractivity contribution in [3.8, 4) is 0 Å². The zero-order valence-electron chi connectivity index (χ0n) is 19.9. The number of aromatic nitrogens is 1. The van der Waals surface area contributed by atoms with E-state index < -0.39 is 11.9 Å². The van der Waals surface area contributed by atoms with Gasteiger partial charge in [0.2, 0.25) is 0 Å². The number of ether oxygens (including phenoxy) is 1. The van der Waals surface area contributed by atoms with E-state index in [1.54, 1.807) is 6.07 Å². The molecule has 0 spiro atoms. The van der Waals surface area contributed by atoms with E-state index >= 15 is 0 Å². The molecule has 0 aliphatic carbocycles. The van der Waals surface area contributed by atoms with Gasteiger partial charge in [-0.25, -0.2) is 19.4 Å². The highest BCUT2D eigenvalue weighted by Gasteiger charge is 2.15. The van der Waals surface area contributed by atoms with Gasteiger partial charge >= 0.3 is 17.9 Å². The summed E-state index contributed by atoms with van der Waals surface area (Å²) in [6, 6.07) is 14.0. The molecule has 0 saturated carbocycles. The molecule has 0 unspecified atom stereocenters. The van der Waals surface area contributed by atoms with Gasteiger partial charge in [0, 0.05) is 12.1 Å². The number of carbonyl (C=O) groups excluding carboxylic acids is 1. The number of likely N-dealkylation sites (tertiary alicyclic amines) is 1. The van der Waals surface area contributed by atoms with Gasteiger partial charge in [-0.1, -0.05) is 55.8 Å². The number of benzene rings is 1. The standard InChI is InChI=1S/C24H30N2O2.C2H2O4/c1-18(2)17-28-24(27)23-8-6-7-22(25-23)21(13-16-26-14-4-5-15-26)20-11-9-19(3)10-12-20;3-1(4)2(5)6/h6-13,18H,4-5,14-17H2,1-3H3;(H,3,4)(H,5,6)/b21-13+;. The molecule has 1 aliphatic heterocycles. The van der Waals surface area contributed by atoms with Gasteiger partial charge in [-0.2, -0.15) is 0 Å². The van der Waals surface area contributed by atoms with E-state index in [9.17, 15) is 4.79 Å². The van der Waals surface area contributed by atoms with Crippen LogP contribution in [0, 0.1) is 12.8 Å². The summed E-state index contributed by atoms with van der Waals surface area (Å²) in [5, 5.41) is 14.8. The van der Waals surface area contributed by atoms with Crippen molar-refractivity contribution in [1.29, 1.82) is 0 Å². The van der Waals surface area contributed by atoms with Crippen molar-refractivity contribution < 1.29 is 29.3 Å². The molecule has 0 bridgehead atoms. The molecule has 2 N–H and O–H groups in total. The lowest BCUT2D eigenvalue weighted by Crippen LogP contribution is -2.19. The zero-order valence-corrected chi connectivity index (χ0v) is 19.9. The van der Waals surface area contributed by atoms with Crippen molar-refractivity contribution in [3.05, 3.63) is 71.1 Å². The van der Waals surface area contributed by atoms with Crippen LogP contribution in [-0.4, -0.2) is 64.2 Å². The van der Waals surface area contributed by atoms with Crippen molar-refractivity contribution in [2.45, 2.75) is 33.6 Å². The fourth-order valence-corrected chi connectivity index (χ4v) is 3.30. The monoisotopic (exact) mass is 468 g/mol. The Hall–Kier alpha value is -3.52. The quantitative estimate of drug-likeness (QED) is 0.464. The van der Waals surface area contributed by atoms with Crippen molar-refractivity contribution in [2.75, 3.05) is 26.2 Å². The number of pyridine rings is 1. The number of hydrogen-bond donors (Lipinski definition) is 2. The fraction of sp³-hybridized carbons (Fsp3) is 0.385. The van der Waals surface area contributed by atoms with Crippen LogP contribution >= 0.6 is 0 Å². The van der Waals surface area contributed by atoms with Crippen molar-refractivity contribution in [3.63, 3.8) is 0 Å². The first-order chi connectivity index (χ1) is 16.2. The Morgan fingerprint density at radius 3 is 2.15 bits per heavy atom. The second-order valence-corrected chi connectivity index (χ2v) is 8.50. The largest absolute Gasteiger partial charge is 0.473 e. The molecule has 1 aromatic heterocycles. The molecular weight excluding hydrogens is 436 g/mol. The van der Waals surface area contributed by atoms with Crippen molar-refractivity contribution in [2.24, 2.45) is 5.92 Å². The lowest BCUT2D eigenvalue weighted by Gasteiger charge is -2.15. The van der Waals surface area contributed by atoms with Crippen LogP contribution in [0.1, 0.15) is 54.0 Å². The van der Waals surface area contributed by atoms with E-state index in [-0.39, 0.29) is 5.97 Å². The van der Waals surface area contributed by atoms with E-state index in [2.05, 4.69) is 47.1 Å². The Morgan fingerprint density at radius 1 is 1.00 bits per heavy atom.